The highest BCUT2D eigenvalue weighted by Gasteiger charge is 2.34. The van der Waals surface area contributed by atoms with Crippen molar-refractivity contribution < 1.29 is 31.7 Å². The molecule has 9 heteroatoms. The van der Waals surface area contributed by atoms with Gasteiger partial charge in [0.15, 0.2) is 11.5 Å². The molecule has 2 unspecified atom stereocenters. The lowest BCUT2D eigenvalue weighted by molar-refractivity contribution is -0.134. The third-order valence-electron chi connectivity index (χ3n) is 9.60. The highest BCUT2D eigenvalue weighted by atomic mass is 32.2. The van der Waals surface area contributed by atoms with Gasteiger partial charge in [0, 0.05) is 12.5 Å². The first-order chi connectivity index (χ1) is 24.7. The summed E-state index contributed by atoms with van der Waals surface area (Å²) in [6.07, 6.45) is 24.3. The number of carbonyl (C=O) groups is 2. The lowest BCUT2D eigenvalue weighted by Gasteiger charge is -2.33. The average Bonchev–Trinajstić information content (AvgIpc) is 3.08. The SMILES string of the molecule is CCCCCCCCCCCCCCCCCCCCCC(=O)Oc1cc(C(OS(C)(=O)=O)C(N)C(C)(C)C)ccc1OC(=O)c1ccc(C)cc1. The Bertz CT molecular complexity index is 1420. The van der Waals surface area contributed by atoms with Crippen molar-refractivity contribution in [1.82, 2.24) is 0 Å². The maximum Gasteiger partial charge on any atom is 0.343 e. The number of hydrogen-bond donors (Lipinski definition) is 1. The molecule has 2 aromatic carbocycles. The number of rotatable bonds is 27. The highest BCUT2D eigenvalue weighted by Crippen LogP contribution is 2.37. The molecule has 0 aliphatic rings. The van der Waals surface area contributed by atoms with Crippen molar-refractivity contribution in [2.75, 3.05) is 6.26 Å². The van der Waals surface area contributed by atoms with Gasteiger partial charge in [-0.2, -0.15) is 8.42 Å². The van der Waals surface area contributed by atoms with Crippen LogP contribution in [0.5, 0.6) is 11.5 Å². The molecule has 0 heterocycles. The van der Waals surface area contributed by atoms with Gasteiger partial charge in [-0.15, -0.1) is 0 Å². The monoisotopic (exact) mass is 743 g/mol. The summed E-state index contributed by atoms with van der Waals surface area (Å²) < 4.78 is 41.3. The van der Waals surface area contributed by atoms with Crippen LogP contribution in [-0.4, -0.2) is 32.7 Å². The molecule has 0 aromatic heterocycles. The summed E-state index contributed by atoms with van der Waals surface area (Å²) in [5.74, 6) is -1.03. The molecule has 0 aliphatic heterocycles. The van der Waals surface area contributed by atoms with E-state index in [1.807, 2.05) is 39.8 Å². The van der Waals surface area contributed by atoms with Crippen molar-refractivity contribution in [3.05, 3.63) is 59.2 Å². The molecule has 0 saturated heterocycles. The Kier molecular flexibility index (Phi) is 21.4. The molecular weight excluding hydrogens is 675 g/mol. The molecule has 0 bridgehead atoms. The smallest absolute Gasteiger partial charge is 0.343 e. The number of hydrogen-bond acceptors (Lipinski definition) is 8. The summed E-state index contributed by atoms with van der Waals surface area (Å²) in [5, 5.41) is 0. The zero-order valence-electron chi connectivity index (χ0n) is 33.2. The van der Waals surface area contributed by atoms with Crippen LogP contribution in [-0.2, 0) is 19.1 Å². The molecule has 294 valence electrons. The number of ether oxygens (including phenoxy) is 2. The normalized spacial score (nSPS) is 13.1. The van der Waals surface area contributed by atoms with Crippen molar-refractivity contribution in [2.24, 2.45) is 11.1 Å². The molecule has 2 aromatic rings. The van der Waals surface area contributed by atoms with Crippen molar-refractivity contribution in [3.8, 4) is 11.5 Å². The van der Waals surface area contributed by atoms with Gasteiger partial charge < -0.3 is 15.2 Å². The van der Waals surface area contributed by atoms with Crippen LogP contribution < -0.4 is 15.2 Å². The van der Waals surface area contributed by atoms with E-state index >= 15 is 0 Å². The van der Waals surface area contributed by atoms with Crippen LogP contribution in [0.25, 0.3) is 0 Å². The summed E-state index contributed by atoms with van der Waals surface area (Å²) in [5.41, 5.74) is 7.70. The van der Waals surface area contributed by atoms with Crippen LogP contribution in [0.3, 0.4) is 0 Å². The standard InChI is InChI=1S/C43H69NO7S/c1-7-8-9-10-11-12-13-14-15-16-17-18-19-20-21-22-23-24-25-26-39(45)49-38-33-36(40(51-52(6,47)48)41(44)43(3,4)5)31-32-37(38)50-42(46)35-29-27-34(2)28-30-35/h27-33,40-41H,7-26,44H2,1-6H3. The average molecular weight is 744 g/mol. The fourth-order valence-electron chi connectivity index (χ4n) is 6.20. The summed E-state index contributed by atoms with van der Waals surface area (Å²) in [6.45, 7) is 9.84. The van der Waals surface area contributed by atoms with Gasteiger partial charge in [-0.3, -0.25) is 8.98 Å². The molecule has 0 amide bonds. The second-order valence-electron chi connectivity index (χ2n) is 15.7. The van der Waals surface area contributed by atoms with Crippen LogP contribution in [0.15, 0.2) is 42.5 Å². The minimum Gasteiger partial charge on any atom is -0.423 e. The fourth-order valence-corrected chi connectivity index (χ4v) is 6.81. The van der Waals surface area contributed by atoms with E-state index in [0.29, 0.717) is 17.5 Å². The molecule has 0 radical (unpaired) electrons. The Morgan fingerprint density at radius 2 is 1.13 bits per heavy atom. The summed E-state index contributed by atoms with van der Waals surface area (Å²) in [7, 11) is -3.89. The Labute approximate surface area is 316 Å². The maximum absolute atomic E-state index is 13.0. The van der Waals surface area contributed by atoms with Crippen molar-refractivity contribution in [1.29, 1.82) is 0 Å². The molecule has 2 rings (SSSR count). The van der Waals surface area contributed by atoms with Crippen LogP contribution in [0.1, 0.15) is 184 Å². The first kappa shape index (κ1) is 45.4. The predicted molar refractivity (Wildman–Crippen MR) is 212 cm³/mol. The Balaban J connectivity index is 1.84. The highest BCUT2D eigenvalue weighted by molar-refractivity contribution is 7.86. The number of esters is 2. The lowest BCUT2D eigenvalue weighted by atomic mass is 9.82. The van der Waals surface area contributed by atoms with Gasteiger partial charge in [-0.1, -0.05) is 167 Å². The van der Waals surface area contributed by atoms with Gasteiger partial charge in [0.2, 0.25) is 0 Å². The van der Waals surface area contributed by atoms with E-state index in [9.17, 15) is 18.0 Å². The number of nitrogens with two attached hydrogens (primary N) is 1. The summed E-state index contributed by atoms with van der Waals surface area (Å²) in [6, 6.07) is 10.8. The van der Waals surface area contributed by atoms with E-state index in [0.717, 1.165) is 31.1 Å². The van der Waals surface area contributed by atoms with E-state index in [-0.39, 0.29) is 17.9 Å². The number of benzene rings is 2. The Morgan fingerprint density at radius 3 is 1.58 bits per heavy atom. The minimum atomic E-state index is -3.89. The quantitative estimate of drug-likeness (QED) is 0.0415. The molecule has 52 heavy (non-hydrogen) atoms. The number of aryl methyl sites for hydroxylation is 1. The van der Waals surface area contributed by atoms with Gasteiger partial charge in [0.1, 0.15) is 6.10 Å². The third kappa shape index (κ3) is 19.4. The van der Waals surface area contributed by atoms with Gasteiger partial charge in [-0.25, -0.2) is 4.79 Å². The molecule has 0 saturated carbocycles. The molecule has 8 nitrogen and oxygen atoms in total. The van der Waals surface area contributed by atoms with Gasteiger partial charge in [0.05, 0.1) is 11.8 Å². The zero-order chi connectivity index (χ0) is 38.4. The summed E-state index contributed by atoms with van der Waals surface area (Å²) in [4.78, 5) is 26.0. The van der Waals surface area contributed by atoms with Crippen LogP contribution in [0, 0.1) is 12.3 Å². The number of carbonyl (C=O) groups excluding carboxylic acids is 2. The van der Waals surface area contributed by atoms with Crippen molar-refractivity contribution in [2.45, 2.75) is 175 Å². The summed E-state index contributed by atoms with van der Waals surface area (Å²) >= 11 is 0. The lowest BCUT2D eigenvalue weighted by Crippen LogP contribution is -2.42. The number of unbranched alkanes of at least 4 members (excludes halogenated alkanes) is 18. The van der Waals surface area contributed by atoms with Crippen LogP contribution in [0.2, 0.25) is 0 Å². The first-order valence-corrected chi connectivity index (χ1v) is 21.8. The molecule has 0 aliphatic carbocycles. The fraction of sp³-hybridized carbons (Fsp3) is 0.674. The van der Waals surface area contributed by atoms with E-state index < -0.39 is 39.6 Å². The third-order valence-corrected chi connectivity index (χ3v) is 10.2. The minimum absolute atomic E-state index is 0.00368. The Morgan fingerprint density at radius 1 is 0.673 bits per heavy atom. The second kappa shape index (κ2) is 24.5. The molecule has 0 spiro atoms. The van der Waals surface area contributed by atoms with Gasteiger partial charge in [0.25, 0.3) is 10.1 Å². The van der Waals surface area contributed by atoms with Crippen LogP contribution >= 0.6 is 0 Å². The van der Waals surface area contributed by atoms with Gasteiger partial charge in [-0.05, 0) is 48.6 Å². The zero-order valence-corrected chi connectivity index (χ0v) is 34.0. The topological polar surface area (TPSA) is 122 Å². The van der Waals surface area contributed by atoms with Crippen molar-refractivity contribution >= 4 is 22.1 Å². The predicted octanol–water partition coefficient (Wildman–Crippen LogP) is 11.3. The van der Waals surface area contributed by atoms with E-state index in [4.69, 9.17) is 19.4 Å². The second-order valence-corrected chi connectivity index (χ2v) is 17.3. The van der Waals surface area contributed by atoms with Gasteiger partial charge >= 0.3 is 11.9 Å². The van der Waals surface area contributed by atoms with E-state index in [1.54, 1.807) is 18.2 Å². The maximum atomic E-state index is 13.0. The Hall–Kier alpha value is -2.75. The molecule has 2 N–H and O–H groups in total. The molecular formula is C43H69NO7S. The molecule has 0 fully saturated rings. The first-order valence-electron chi connectivity index (χ1n) is 20.0. The molecule has 2 atom stereocenters. The van der Waals surface area contributed by atoms with Crippen LogP contribution in [0.4, 0.5) is 0 Å². The van der Waals surface area contributed by atoms with E-state index in [2.05, 4.69) is 6.92 Å². The largest absolute Gasteiger partial charge is 0.423 e. The van der Waals surface area contributed by atoms with E-state index in [1.165, 1.54) is 108 Å². The van der Waals surface area contributed by atoms with Crippen molar-refractivity contribution in [3.63, 3.8) is 0 Å².